The molecular formula is C15H13F3N2O2. The molecule has 1 aromatic carbocycles. The number of alkyl halides is 3. The molecule has 1 N–H and O–H groups in total. The van der Waals surface area contributed by atoms with E-state index in [0.29, 0.717) is 36.5 Å². The van der Waals surface area contributed by atoms with E-state index in [1.807, 2.05) is 4.57 Å². The van der Waals surface area contributed by atoms with Crippen LogP contribution in [0.3, 0.4) is 0 Å². The highest BCUT2D eigenvalue weighted by Crippen LogP contribution is 2.32. The van der Waals surface area contributed by atoms with Crippen LogP contribution in [0.2, 0.25) is 0 Å². The molecule has 2 heterocycles. The summed E-state index contributed by atoms with van der Waals surface area (Å²) < 4.78 is 40.1. The zero-order valence-corrected chi connectivity index (χ0v) is 11.5. The van der Waals surface area contributed by atoms with Crippen molar-refractivity contribution >= 4 is 5.97 Å². The van der Waals surface area contributed by atoms with E-state index in [1.54, 1.807) is 12.3 Å². The smallest absolute Gasteiger partial charge is 0.416 e. The van der Waals surface area contributed by atoms with E-state index in [-0.39, 0.29) is 0 Å². The summed E-state index contributed by atoms with van der Waals surface area (Å²) in [6.45, 7) is 0.512. The lowest BCUT2D eigenvalue weighted by atomic mass is 9.98. The first kappa shape index (κ1) is 14.6. The number of imidazole rings is 1. The van der Waals surface area contributed by atoms with Gasteiger partial charge in [0, 0.05) is 24.7 Å². The van der Waals surface area contributed by atoms with Crippen molar-refractivity contribution in [3.05, 3.63) is 41.9 Å². The van der Waals surface area contributed by atoms with Crippen molar-refractivity contribution in [1.29, 1.82) is 0 Å². The van der Waals surface area contributed by atoms with Gasteiger partial charge in [-0.1, -0.05) is 12.1 Å². The maximum Gasteiger partial charge on any atom is 0.416 e. The zero-order chi connectivity index (χ0) is 15.9. The van der Waals surface area contributed by atoms with Gasteiger partial charge >= 0.3 is 12.1 Å². The maximum atomic E-state index is 12.8. The Morgan fingerprint density at radius 1 is 1.36 bits per heavy atom. The molecule has 4 nitrogen and oxygen atoms in total. The quantitative estimate of drug-likeness (QED) is 0.926. The van der Waals surface area contributed by atoms with E-state index in [2.05, 4.69) is 4.98 Å². The molecule has 1 aliphatic rings. The number of aromatic nitrogens is 2. The van der Waals surface area contributed by atoms with Crippen LogP contribution in [0.1, 0.15) is 17.8 Å². The fraction of sp³-hybridized carbons (Fsp3) is 0.333. The van der Waals surface area contributed by atoms with Crippen molar-refractivity contribution in [3.63, 3.8) is 0 Å². The third-order valence-electron chi connectivity index (χ3n) is 3.84. The van der Waals surface area contributed by atoms with Gasteiger partial charge in [-0.2, -0.15) is 13.2 Å². The van der Waals surface area contributed by atoms with E-state index in [0.717, 1.165) is 12.1 Å². The maximum absolute atomic E-state index is 12.8. The normalized spacial score (nSPS) is 18.0. The highest BCUT2D eigenvalue weighted by atomic mass is 19.4. The highest BCUT2D eigenvalue weighted by Gasteiger charge is 2.31. The van der Waals surface area contributed by atoms with Gasteiger partial charge < -0.3 is 9.67 Å². The Kier molecular flexibility index (Phi) is 3.42. The van der Waals surface area contributed by atoms with E-state index in [9.17, 15) is 18.0 Å². The lowest BCUT2D eigenvalue weighted by molar-refractivity contribution is -0.142. The molecule has 1 unspecified atom stereocenters. The van der Waals surface area contributed by atoms with Gasteiger partial charge in [0.05, 0.1) is 17.2 Å². The van der Waals surface area contributed by atoms with Crippen LogP contribution in [-0.2, 0) is 23.9 Å². The van der Waals surface area contributed by atoms with Gasteiger partial charge in [0.15, 0.2) is 0 Å². The lowest BCUT2D eigenvalue weighted by Crippen LogP contribution is -2.25. The average Bonchev–Trinajstić information content (AvgIpc) is 2.89. The minimum atomic E-state index is -4.40. The largest absolute Gasteiger partial charge is 0.481 e. The second kappa shape index (κ2) is 5.15. The Hall–Kier alpha value is -2.31. The Labute approximate surface area is 124 Å². The van der Waals surface area contributed by atoms with Crippen LogP contribution >= 0.6 is 0 Å². The minimum absolute atomic E-state index is 0.300. The number of halogens is 3. The number of carbonyl (C=O) groups is 1. The summed E-state index contributed by atoms with van der Waals surface area (Å²) in [6, 6.07) is 4.98. The zero-order valence-electron chi connectivity index (χ0n) is 11.5. The molecule has 116 valence electrons. The number of aryl methyl sites for hydroxylation is 1. The standard InChI is InChI=1S/C15H13F3N2O2/c16-15(17,18)11-3-1-2-9(6-11)12-8-20-5-4-10(14(21)22)7-13(20)19-12/h1-3,6,8,10H,4-5,7H2,(H,21,22). The van der Waals surface area contributed by atoms with Gasteiger partial charge in [0.25, 0.3) is 0 Å². The van der Waals surface area contributed by atoms with Crippen LogP contribution in [0, 0.1) is 5.92 Å². The monoisotopic (exact) mass is 310 g/mol. The molecular weight excluding hydrogens is 297 g/mol. The third kappa shape index (κ3) is 2.70. The molecule has 2 aromatic rings. The van der Waals surface area contributed by atoms with Crippen LogP contribution in [0.5, 0.6) is 0 Å². The lowest BCUT2D eigenvalue weighted by Gasteiger charge is -2.19. The van der Waals surface area contributed by atoms with Crippen LogP contribution in [0.25, 0.3) is 11.3 Å². The molecule has 0 bridgehead atoms. The number of hydrogen-bond donors (Lipinski definition) is 1. The predicted molar refractivity (Wildman–Crippen MR) is 72.1 cm³/mol. The Bertz CT molecular complexity index is 722. The first-order valence-corrected chi connectivity index (χ1v) is 6.81. The SMILES string of the molecule is O=C(O)C1CCn2cc(-c3cccc(C(F)(F)F)c3)nc2C1. The molecule has 7 heteroatoms. The van der Waals surface area contributed by atoms with E-state index in [1.165, 1.54) is 6.07 Å². The van der Waals surface area contributed by atoms with Crippen LogP contribution in [-0.4, -0.2) is 20.6 Å². The Morgan fingerprint density at radius 2 is 2.14 bits per heavy atom. The summed E-state index contributed by atoms with van der Waals surface area (Å²) in [6.07, 6.45) is -1.92. The molecule has 1 atom stereocenters. The first-order chi connectivity index (χ1) is 10.3. The second-order valence-corrected chi connectivity index (χ2v) is 5.34. The molecule has 0 radical (unpaired) electrons. The number of fused-ring (bicyclic) bond motifs is 1. The molecule has 22 heavy (non-hydrogen) atoms. The first-order valence-electron chi connectivity index (χ1n) is 6.81. The fourth-order valence-corrected chi connectivity index (χ4v) is 2.63. The van der Waals surface area contributed by atoms with Crippen LogP contribution in [0.15, 0.2) is 30.5 Å². The molecule has 3 rings (SSSR count). The number of rotatable bonds is 2. The van der Waals surface area contributed by atoms with Crippen molar-refractivity contribution in [2.45, 2.75) is 25.6 Å². The topological polar surface area (TPSA) is 55.1 Å². The van der Waals surface area contributed by atoms with Gasteiger partial charge in [0.2, 0.25) is 0 Å². The second-order valence-electron chi connectivity index (χ2n) is 5.34. The Morgan fingerprint density at radius 3 is 2.82 bits per heavy atom. The number of hydrogen-bond acceptors (Lipinski definition) is 2. The van der Waals surface area contributed by atoms with Crippen molar-refractivity contribution in [2.75, 3.05) is 0 Å². The summed E-state index contributed by atoms with van der Waals surface area (Å²) in [4.78, 5) is 15.3. The molecule has 0 saturated heterocycles. The number of aliphatic carboxylic acids is 1. The molecule has 0 spiro atoms. The van der Waals surface area contributed by atoms with E-state index in [4.69, 9.17) is 5.11 Å². The fourth-order valence-electron chi connectivity index (χ4n) is 2.63. The van der Waals surface area contributed by atoms with E-state index < -0.39 is 23.6 Å². The highest BCUT2D eigenvalue weighted by molar-refractivity contribution is 5.70. The van der Waals surface area contributed by atoms with Crippen molar-refractivity contribution < 1.29 is 23.1 Å². The summed E-state index contributed by atoms with van der Waals surface area (Å²) in [5.74, 6) is -0.745. The molecule has 0 amide bonds. The van der Waals surface area contributed by atoms with Crippen molar-refractivity contribution in [3.8, 4) is 11.3 Å². The van der Waals surface area contributed by atoms with Crippen LogP contribution in [0.4, 0.5) is 13.2 Å². The summed E-state index contributed by atoms with van der Waals surface area (Å²) in [5, 5.41) is 9.05. The molecule has 0 saturated carbocycles. The summed E-state index contributed by atoms with van der Waals surface area (Å²) in [5.41, 5.74) is 0.0927. The number of carboxylic acids is 1. The molecule has 1 aromatic heterocycles. The minimum Gasteiger partial charge on any atom is -0.481 e. The molecule has 0 fully saturated rings. The van der Waals surface area contributed by atoms with Crippen molar-refractivity contribution in [1.82, 2.24) is 9.55 Å². The van der Waals surface area contributed by atoms with E-state index >= 15 is 0 Å². The Balaban J connectivity index is 1.93. The number of carboxylic acid groups (broad SMARTS) is 1. The molecule has 1 aliphatic heterocycles. The van der Waals surface area contributed by atoms with Gasteiger partial charge in [-0.25, -0.2) is 4.98 Å². The number of benzene rings is 1. The van der Waals surface area contributed by atoms with Crippen molar-refractivity contribution in [2.24, 2.45) is 5.92 Å². The summed E-state index contributed by atoms with van der Waals surface area (Å²) >= 11 is 0. The third-order valence-corrected chi connectivity index (χ3v) is 3.84. The average molecular weight is 310 g/mol. The van der Waals surface area contributed by atoms with Gasteiger partial charge in [-0.15, -0.1) is 0 Å². The number of nitrogens with zero attached hydrogens (tertiary/aromatic N) is 2. The van der Waals surface area contributed by atoms with Gasteiger partial charge in [-0.3, -0.25) is 4.79 Å². The van der Waals surface area contributed by atoms with Gasteiger partial charge in [-0.05, 0) is 18.6 Å². The summed E-state index contributed by atoms with van der Waals surface area (Å²) in [7, 11) is 0. The van der Waals surface area contributed by atoms with Gasteiger partial charge in [0.1, 0.15) is 5.82 Å². The predicted octanol–water partition coefficient (Wildman–Crippen LogP) is 3.22. The van der Waals surface area contributed by atoms with Crippen LogP contribution < -0.4 is 0 Å². The molecule has 0 aliphatic carbocycles.